The number of aromatic nitrogens is 2. The van der Waals surface area contributed by atoms with E-state index in [9.17, 15) is 4.79 Å². The number of hydrogen-bond donors (Lipinski definition) is 1. The van der Waals surface area contributed by atoms with Gasteiger partial charge >= 0.3 is 0 Å². The Balaban J connectivity index is 0.00000225. The van der Waals surface area contributed by atoms with Gasteiger partial charge in [-0.05, 0) is 31.2 Å². The summed E-state index contributed by atoms with van der Waals surface area (Å²) in [6.07, 6.45) is 0.703. The van der Waals surface area contributed by atoms with Crippen molar-refractivity contribution in [3.63, 3.8) is 0 Å². The third-order valence-corrected chi connectivity index (χ3v) is 3.94. The second-order valence-corrected chi connectivity index (χ2v) is 5.88. The molecule has 25 heavy (non-hydrogen) atoms. The van der Waals surface area contributed by atoms with E-state index in [1.165, 1.54) is 0 Å². The number of nitrogens with one attached hydrogen (secondary N) is 1. The summed E-state index contributed by atoms with van der Waals surface area (Å²) < 4.78 is 10.7. The first kappa shape index (κ1) is 19.2. The van der Waals surface area contributed by atoms with Gasteiger partial charge in [0.2, 0.25) is 11.7 Å². The molecule has 8 heteroatoms. The predicted octanol–water partition coefficient (Wildman–Crippen LogP) is 2.07. The molecule has 0 bridgehead atoms. The number of halogens is 1. The number of carbonyl (C=O) groups is 1. The van der Waals surface area contributed by atoms with Gasteiger partial charge in [-0.1, -0.05) is 12.1 Å². The summed E-state index contributed by atoms with van der Waals surface area (Å²) in [5.41, 5.74) is 0.671. The molecule has 1 atom stereocenters. The van der Waals surface area contributed by atoms with E-state index >= 15 is 0 Å². The Morgan fingerprint density at radius 3 is 2.80 bits per heavy atom. The highest BCUT2D eigenvalue weighted by Gasteiger charge is 2.21. The van der Waals surface area contributed by atoms with Crippen molar-refractivity contribution in [2.75, 3.05) is 19.6 Å². The molecule has 0 aliphatic carbocycles. The maximum atomic E-state index is 12.5. The summed E-state index contributed by atoms with van der Waals surface area (Å²) >= 11 is 0. The zero-order valence-electron chi connectivity index (χ0n) is 14.4. The van der Waals surface area contributed by atoms with Gasteiger partial charge < -0.3 is 19.5 Å². The van der Waals surface area contributed by atoms with Crippen LogP contribution in [0.5, 0.6) is 5.75 Å². The van der Waals surface area contributed by atoms with Crippen molar-refractivity contribution in [2.24, 2.45) is 0 Å². The highest BCUT2D eigenvalue weighted by Crippen LogP contribution is 2.16. The van der Waals surface area contributed by atoms with E-state index in [0.29, 0.717) is 35.5 Å². The van der Waals surface area contributed by atoms with Crippen LogP contribution in [0, 0.1) is 0 Å². The van der Waals surface area contributed by atoms with E-state index in [1.807, 2.05) is 11.8 Å². The van der Waals surface area contributed by atoms with Crippen molar-refractivity contribution in [1.82, 2.24) is 20.4 Å². The number of benzene rings is 1. The van der Waals surface area contributed by atoms with E-state index < -0.39 is 0 Å². The molecular formula is C17H23ClN4O3. The SMILES string of the molecule is CCc1nc(COc2ccc(C(=O)N3CCNC(C)C3)cc2)no1.Cl. The van der Waals surface area contributed by atoms with Crippen molar-refractivity contribution in [2.45, 2.75) is 32.9 Å². The summed E-state index contributed by atoms with van der Waals surface area (Å²) in [5.74, 6) is 1.84. The van der Waals surface area contributed by atoms with Crippen LogP contribution in [0.25, 0.3) is 0 Å². The Labute approximate surface area is 153 Å². The Hall–Kier alpha value is -2.12. The van der Waals surface area contributed by atoms with Crippen LogP contribution < -0.4 is 10.1 Å². The molecule has 136 valence electrons. The lowest BCUT2D eigenvalue weighted by Gasteiger charge is -2.32. The normalized spacial score (nSPS) is 17.0. The molecule has 1 aromatic heterocycles. The van der Waals surface area contributed by atoms with Gasteiger partial charge in [0, 0.05) is 37.7 Å². The Morgan fingerprint density at radius 1 is 1.40 bits per heavy atom. The number of piperazine rings is 1. The molecule has 7 nitrogen and oxygen atoms in total. The fourth-order valence-electron chi connectivity index (χ4n) is 2.63. The van der Waals surface area contributed by atoms with Crippen LogP contribution in [0.15, 0.2) is 28.8 Å². The minimum absolute atomic E-state index is 0. The molecule has 0 radical (unpaired) electrons. The number of rotatable bonds is 5. The molecule has 1 aromatic carbocycles. The highest BCUT2D eigenvalue weighted by atomic mass is 35.5. The Bertz CT molecular complexity index is 689. The van der Waals surface area contributed by atoms with Crippen LogP contribution in [-0.2, 0) is 13.0 Å². The van der Waals surface area contributed by atoms with Gasteiger partial charge in [-0.15, -0.1) is 12.4 Å². The van der Waals surface area contributed by atoms with Gasteiger partial charge in [0.15, 0.2) is 6.61 Å². The lowest BCUT2D eigenvalue weighted by molar-refractivity contribution is 0.0709. The largest absolute Gasteiger partial charge is 0.485 e. The van der Waals surface area contributed by atoms with Gasteiger partial charge in [0.05, 0.1) is 0 Å². The number of ether oxygens (including phenoxy) is 1. The van der Waals surface area contributed by atoms with Crippen LogP contribution in [0.1, 0.15) is 35.9 Å². The second kappa shape index (κ2) is 8.82. The molecule has 2 aromatic rings. The first-order chi connectivity index (χ1) is 11.7. The van der Waals surface area contributed by atoms with Gasteiger partial charge in [0.1, 0.15) is 5.75 Å². The van der Waals surface area contributed by atoms with E-state index in [4.69, 9.17) is 9.26 Å². The van der Waals surface area contributed by atoms with Crippen molar-refractivity contribution >= 4 is 18.3 Å². The zero-order valence-corrected chi connectivity index (χ0v) is 15.2. The molecule has 0 spiro atoms. The fourth-order valence-corrected chi connectivity index (χ4v) is 2.63. The van der Waals surface area contributed by atoms with Crippen molar-refractivity contribution in [3.8, 4) is 5.75 Å². The van der Waals surface area contributed by atoms with Gasteiger partial charge in [0.25, 0.3) is 5.91 Å². The predicted molar refractivity (Wildman–Crippen MR) is 95.1 cm³/mol. The third-order valence-electron chi connectivity index (χ3n) is 3.94. The van der Waals surface area contributed by atoms with Gasteiger partial charge in [-0.25, -0.2) is 0 Å². The molecule has 1 fully saturated rings. The van der Waals surface area contributed by atoms with Gasteiger partial charge in [-0.2, -0.15) is 4.98 Å². The van der Waals surface area contributed by atoms with E-state index in [0.717, 1.165) is 19.6 Å². The maximum absolute atomic E-state index is 12.5. The smallest absolute Gasteiger partial charge is 0.253 e. The highest BCUT2D eigenvalue weighted by molar-refractivity contribution is 5.94. The number of hydrogen-bond acceptors (Lipinski definition) is 6. The standard InChI is InChI=1S/C17H22N4O3.ClH/c1-3-16-19-15(20-24-16)11-23-14-6-4-13(5-7-14)17(22)21-9-8-18-12(2)10-21;/h4-7,12,18H,3,8-11H2,1-2H3;1H. The maximum Gasteiger partial charge on any atom is 0.253 e. The monoisotopic (exact) mass is 366 g/mol. The molecule has 1 unspecified atom stereocenters. The van der Waals surface area contributed by atoms with Crippen LogP contribution in [-0.4, -0.2) is 46.6 Å². The number of amides is 1. The summed E-state index contributed by atoms with van der Waals surface area (Å²) in [7, 11) is 0. The first-order valence-corrected chi connectivity index (χ1v) is 8.22. The van der Waals surface area contributed by atoms with Crippen LogP contribution >= 0.6 is 12.4 Å². The number of aryl methyl sites for hydroxylation is 1. The average Bonchev–Trinajstić information content (AvgIpc) is 3.08. The summed E-state index contributed by atoms with van der Waals surface area (Å²) in [4.78, 5) is 18.6. The fraction of sp³-hybridized carbons (Fsp3) is 0.471. The Morgan fingerprint density at radius 2 is 2.16 bits per heavy atom. The molecule has 3 rings (SSSR count). The topological polar surface area (TPSA) is 80.5 Å². The summed E-state index contributed by atoms with van der Waals surface area (Å²) in [5, 5.41) is 7.17. The number of carbonyl (C=O) groups excluding carboxylic acids is 1. The first-order valence-electron chi connectivity index (χ1n) is 8.22. The van der Waals surface area contributed by atoms with Crippen LogP contribution in [0.3, 0.4) is 0 Å². The molecule has 1 saturated heterocycles. The second-order valence-electron chi connectivity index (χ2n) is 5.88. The van der Waals surface area contributed by atoms with E-state index in [-0.39, 0.29) is 24.9 Å². The van der Waals surface area contributed by atoms with Crippen LogP contribution in [0.4, 0.5) is 0 Å². The number of nitrogens with zero attached hydrogens (tertiary/aromatic N) is 3. The zero-order chi connectivity index (χ0) is 16.9. The molecule has 0 saturated carbocycles. The molecule has 1 amide bonds. The third kappa shape index (κ3) is 4.93. The molecule has 1 aliphatic heterocycles. The molecular weight excluding hydrogens is 344 g/mol. The summed E-state index contributed by atoms with van der Waals surface area (Å²) in [6, 6.07) is 7.49. The molecule has 1 N–H and O–H groups in total. The summed E-state index contributed by atoms with van der Waals surface area (Å²) in [6.45, 7) is 6.57. The molecule has 2 heterocycles. The van der Waals surface area contributed by atoms with Crippen LogP contribution in [0.2, 0.25) is 0 Å². The quantitative estimate of drug-likeness (QED) is 0.872. The van der Waals surface area contributed by atoms with Gasteiger partial charge in [-0.3, -0.25) is 4.79 Å². The minimum Gasteiger partial charge on any atom is -0.485 e. The lowest BCUT2D eigenvalue weighted by Crippen LogP contribution is -2.51. The van der Waals surface area contributed by atoms with E-state index in [2.05, 4.69) is 22.4 Å². The Kier molecular flexibility index (Phi) is 6.78. The average molecular weight is 367 g/mol. The van der Waals surface area contributed by atoms with Crippen molar-refractivity contribution in [3.05, 3.63) is 41.5 Å². The van der Waals surface area contributed by atoms with Crippen molar-refractivity contribution < 1.29 is 14.1 Å². The van der Waals surface area contributed by atoms with Crippen molar-refractivity contribution in [1.29, 1.82) is 0 Å². The molecule has 1 aliphatic rings. The van der Waals surface area contributed by atoms with E-state index in [1.54, 1.807) is 24.3 Å². The minimum atomic E-state index is 0. The lowest BCUT2D eigenvalue weighted by atomic mass is 10.1.